The summed E-state index contributed by atoms with van der Waals surface area (Å²) in [6.07, 6.45) is 5.39. The van der Waals surface area contributed by atoms with Gasteiger partial charge >= 0.3 is 0 Å². The Balaban J connectivity index is 1.44. The third kappa shape index (κ3) is 4.76. The fraction of sp³-hybridized carbons (Fsp3) is 0.125. The van der Waals surface area contributed by atoms with Crippen molar-refractivity contribution in [1.82, 2.24) is 9.47 Å². The van der Waals surface area contributed by atoms with Crippen molar-refractivity contribution in [3.8, 4) is 11.4 Å². The molecule has 7 nitrogen and oxygen atoms in total. The van der Waals surface area contributed by atoms with Gasteiger partial charge in [-0.15, -0.1) is 0 Å². The molecule has 8 heteroatoms. The molecule has 1 aromatic heterocycles. The zero-order chi connectivity index (χ0) is 22.7. The van der Waals surface area contributed by atoms with Gasteiger partial charge in [0.25, 0.3) is 11.1 Å². The van der Waals surface area contributed by atoms with Crippen molar-refractivity contribution in [2.24, 2.45) is 0 Å². The lowest BCUT2D eigenvalue weighted by atomic mass is 10.2. The van der Waals surface area contributed by atoms with Gasteiger partial charge in [-0.2, -0.15) is 0 Å². The molecule has 1 saturated heterocycles. The van der Waals surface area contributed by atoms with Crippen molar-refractivity contribution in [3.63, 3.8) is 0 Å². The third-order valence-corrected chi connectivity index (χ3v) is 5.77. The molecule has 2 heterocycles. The van der Waals surface area contributed by atoms with Crippen molar-refractivity contribution < 1.29 is 19.1 Å². The number of imide groups is 1. The van der Waals surface area contributed by atoms with Crippen molar-refractivity contribution in [2.75, 3.05) is 19.0 Å². The molecular weight excluding hydrogens is 426 g/mol. The molecule has 0 radical (unpaired) electrons. The van der Waals surface area contributed by atoms with Crippen LogP contribution in [0.4, 0.5) is 10.5 Å². The number of hydrogen-bond donors (Lipinski definition) is 1. The molecule has 32 heavy (non-hydrogen) atoms. The van der Waals surface area contributed by atoms with E-state index in [-0.39, 0.29) is 11.4 Å². The van der Waals surface area contributed by atoms with E-state index in [2.05, 4.69) is 5.32 Å². The van der Waals surface area contributed by atoms with Gasteiger partial charge in [-0.1, -0.05) is 12.1 Å². The van der Waals surface area contributed by atoms with Crippen molar-refractivity contribution in [1.29, 1.82) is 0 Å². The largest absolute Gasteiger partial charge is 0.497 e. The number of amides is 3. The molecule has 0 spiro atoms. The summed E-state index contributed by atoms with van der Waals surface area (Å²) in [6, 6.07) is 16.7. The average molecular weight is 448 g/mol. The first-order valence-corrected chi connectivity index (χ1v) is 10.7. The minimum absolute atomic E-state index is 0.283. The maximum Gasteiger partial charge on any atom is 0.294 e. The second-order valence-electron chi connectivity index (χ2n) is 7.24. The Hall–Kier alpha value is -3.78. The molecule has 4 rings (SSSR count). The number of carbonyl (C=O) groups excluding carboxylic acids is 3. The summed E-state index contributed by atoms with van der Waals surface area (Å²) in [6.45, 7) is 1.58. The highest BCUT2D eigenvalue weighted by Gasteiger charge is 2.36. The van der Waals surface area contributed by atoms with Crippen LogP contribution in [0, 0.1) is 6.92 Å². The number of thioether (sulfide) groups is 1. The predicted octanol–water partition coefficient (Wildman–Crippen LogP) is 4.47. The first-order valence-electron chi connectivity index (χ1n) is 9.87. The maximum absolute atomic E-state index is 12.7. The van der Waals surface area contributed by atoms with Gasteiger partial charge in [0.15, 0.2) is 0 Å². The molecule has 0 saturated carbocycles. The molecule has 162 valence electrons. The smallest absolute Gasteiger partial charge is 0.294 e. The minimum Gasteiger partial charge on any atom is -0.497 e. The van der Waals surface area contributed by atoms with Crippen molar-refractivity contribution in [3.05, 3.63) is 83.0 Å². The minimum atomic E-state index is -0.475. The maximum atomic E-state index is 12.7. The van der Waals surface area contributed by atoms with E-state index >= 15 is 0 Å². The molecule has 3 amide bonds. The summed E-state index contributed by atoms with van der Waals surface area (Å²) in [5, 5.41) is 2.26. The van der Waals surface area contributed by atoms with Gasteiger partial charge in [-0.25, -0.2) is 0 Å². The van der Waals surface area contributed by atoms with E-state index in [1.54, 1.807) is 19.3 Å². The molecular formula is C24H21N3O4S. The second-order valence-corrected chi connectivity index (χ2v) is 8.23. The highest BCUT2D eigenvalue weighted by atomic mass is 32.2. The van der Waals surface area contributed by atoms with E-state index in [0.29, 0.717) is 5.69 Å². The Morgan fingerprint density at radius 1 is 1.12 bits per heavy atom. The van der Waals surface area contributed by atoms with Gasteiger partial charge in [0.2, 0.25) is 5.91 Å². The molecule has 2 aromatic carbocycles. The number of anilines is 1. The van der Waals surface area contributed by atoms with Crippen LogP contribution in [0.3, 0.4) is 0 Å². The zero-order valence-electron chi connectivity index (χ0n) is 17.6. The van der Waals surface area contributed by atoms with Crippen LogP contribution in [-0.4, -0.2) is 40.2 Å². The van der Waals surface area contributed by atoms with Crippen LogP contribution in [0.2, 0.25) is 0 Å². The number of aromatic nitrogens is 1. The fourth-order valence-corrected chi connectivity index (χ4v) is 4.11. The van der Waals surface area contributed by atoms with E-state index < -0.39 is 17.1 Å². The first kappa shape index (κ1) is 21.5. The monoisotopic (exact) mass is 447 g/mol. The summed E-state index contributed by atoms with van der Waals surface area (Å²) in [7, 11) is 1.61. The molecule has 1 fully saturated rings. The summed E-state index contributed by atoms with van der Waals surface area (Å²) in [5.41, 5.74) is 3.33. The van der Waals surface area contributed by atoms with Crippen LogP contribution >= 0.6 is 11.8 Å². The Kier molecular flexibility index (Phi) is 6.13. The molecule has 1 N–H and O–H groups in total. The van der Waals surface area contributed by atoms with Crippen LogP contribution in [-0.2, 0) is 9.59 Å². The number of nitrogens with zero attached hydrogens (tertiary/aromatic N) is 2. The number of ether oxygens (including phenoxy) is 1. The lowest BCUT2D eigenvalue weighted by Gasteiger charge is -2.12. The van der Waals surface area contributed by atoms with Gasteiger partial charge in [0.05, 0.1) is 12.0 Å². The Bertz CT molecular complexity index is 1210. The van der Waals surface area contributed by atoms with Crippen LogP contribution in [0.15, 0.2) is 71.9 Å². The number of benzene rings is 2. The van der Waals surface area contributed by atoms with Gasteiger partial charge in [-0.05, 0) is 78.4 Å². The van der Waals surface area contributed by atoms with Crippen LogP contribution < -0.4 is 10.1 Å². The van der Waals surface area contributed by atoms with E-state index in [9.17, 15) is 14.4 Å². The molecule has 0 bridgehead atoms. The quantitative estimate of drug-likeness (QED) is 0.564. The van der Waals surface area contributed by atoms with E-state index in [4.69, 9.17) is 4.74 Å². The van der Waals surface area contributed by atoms with Crippen LogP contribution in [0.5, 0.6) is 5.75 Å². The Labute approximate surface area is 189 Å². The SMILES string of the molecule is COc1ccc(-n2ccc(/C=C3/SC(=O)N(CC(=O)Nc4cccc(C)c4)C3=O)c2)cc1. The van der Waals surface area contributed by atoms with Gasteiger partial charge in [0.1, 0.15) is 12.3 Å². The molecule has 1 aliphatic rings. The van der Waals surface area contributed by atoms with E-state index in [1.807, 2.05) is 72.4 Å². The number of carbonyl (C=O) groups is 3. The fourth-order valence-electron chi connectivity index (χ4n) is 3.27. The normalized spacial score (nSPS) is 14.8. The molecule has 0 unspecified atom stereocenters. The van der Waals surface area contributed by atoms with Gasteiger partial charge in [0, 0.05) is 23.8 Å². The Morgan fingerprint density at radius 3 is 2.62 bits per heavy atom. The topological polar surface area (TPSA) is 80.6 Å². The zero-order valence-corrected chi connectivity index (χ0v) is 18.4. The van der Waals surface area contributed by atoms with Crippen molar-refractivity contribution >= 4 is 40.6 Å². The number of hydrogen-bond acceptors (Lipinski definition) is 5. The number of methoxy groups -OCH3 is 1. The molecule has 1 aliphatic heterocycles. The number of nitrogens with one attached hydrogen (secondary N) is 1. The summed E-state index contributed by atoms with van der Waals surface area (Å²) < 4.78 is 7.08. The van der Waals surface area contributed by atoms with Crippen LogP contribution in [0.25, 0.3) is 11.8 Å². The van der Waals surface area contributed by atoms with Gasteiger partial charge < -0.3 is 14.6 Å². The lowest BCUT2D eigenvalue weighted by molar-refractivity contribution is -0.127. The third-order valence-electron chi connectivity index (χ3n) is 4.86. The average Bonchev–Trinajstić information content (AvgIpc) is 3.34. The summed E-state index contributed by atoms with van der Waals surface area (Å²) in [5.74, 6) is -0.136. The summed E-state index contributed by atoms with van der Waals surface area (Å²) in [4.78, 5) is 38.7. The predicted molar refractivity (Wildman–Crippen MR) is 125 cm³/mol. The van der Waals surface area contributed by atoms with Gasteiger partial charge in [-0.3, -0.25) is 19.3 Å². The molecule has 0 aliphatic carbocycles. The van der Waals surface area contributed by atoms with E-state index in [0.717, 1.165) is 39.2 Å². The molecule has 3 aromatic rings. The second kappa shape index (κ2) is 9.15. The number of aryl methyl sites for hydroxylation is 1. The highest BCUT2D eigenvalue weighted by molar-refractivity contribution is 8.18. The van der Waals surface area contributed by atoms with Crippen LogP contribution in [0.1, 0.15) is 11.1 Å². The number of rotatable bonds is 6. The molecule has 0 atom stereocenters. The first-order chi connectivity index (χ1) is 15.4. The highest BCUT2D eigenvalue weighted by Crippen LogP contribution is 2.32. The lowest BCUT2D eigenvalue weighted by Crippen LogP contribution is -2.36. The van der Waals surface area contributed by atoms with Crippen molar-refractivity contribution in [2.45, 2.75) is 6.92 Å². The van der Waals surface area contributed by atoms with E-state index in [1.165, 1.54) is 0 Å². The standard InChI is InChI=1S/C24H21N3O4S/c1-16-4-3-5-18(12-16)25-22(28)15-27-23(29)21(32-24(27)30)13-17-10-11-26(14-17)19-6-8-20(31-2)9-7-19/h3-14H,15H2,1-2H3,(H,25,28)/b21-13+. The summed E-state index contributed by atoms with van der Waals surface area (Å²) >= 11 is 0.830. The Morgan fingerprint density at radius 2 is 1.91 bits per heavy atom.